The van der Waals surface area contributed by atoms with Gasteiger partial charge in [-0.2, -0.15) is 0 Å². The van der Waals surface area contributed by atoms with Crippen LogP contribution in [0.2, 0.25) is 0 Å². The molecule has 19 heavy (non-hydrogen) atoms. The van der Waals surface area contributed by atoms with E-state index in [4.69, 9.17) is 16.2 Å². The third-order valence-corrected chi connectivity index (χ3v) is 3.85. The number of halogens is 2. The fourth-order valence-corrected chi connectivity index (χ4v) is 2.81. The number of nitrogen functional groups attached to an aromatic ring is 1. The van der Waals surface area contributed by atoms with E-state index in [1.54, 1.807) is 7.11 Å². The highest BCUT2D eigenvalue weighted by Crippen LogP contribution is 2.38. The second kappa shape index (κ2) is 5.43. The summed E-state index contributed by atoms with van der Waals surface area (Å²) in [5.74, 6) is 0. The first-order valence-electron chi connectivity index (χ1n) is 6.42. The van der Waals surface area contributed by atoms with Gasteiger partial charge in [0.2, 0.25) is 6.43 Å². The minimum atomic E-state index is -2.39. The van der Waals surface area contributed by atoms with Gasteiger partial charge in [-0.25, -0.2) is 8.78 Å². The average Bonchev–Trinajstić information content (AvgIpc) is 2.46. The Labute approximate surface area is 111 Å². The lowest BCUT2D eigenvalue weighted by Crippen LogP contribution is -2.42. The number of aryl methyl sites for hydroxylation is 1. The van der Waals surface area contributed by atoms with Gasteiger partial charge in [0.25, 0.3) is 0 Å². The Balaban J connectivity index is 2.31. The van der Waals surface area contributed by atoms with Crippen LogP contribution in [0.1, 0.15) is 36.5 Å². The van der Waals surface area contributed by atoms with Crippen LogP contribution in [-0.2, 0) is 11.2 Å². The summed E-state index contributed by atoms with van der Waals surface area (Å²) in [6.45, 7) is 0. The van der Waals surface area contributed by atoms with Crippen molar-refractivity contribution in [1.29, 1.82) is 0 Å². The summed E-state index contributed by atoms with van der Waals surface area (Å²) < 4.78 is 30.8. The van der Waals surface area contributed by atoms with E-state index in [-0.39, 0.29) is 12.5 Å². The molecule has 5 heteroatoms. The van der Waals surface area contributed by atoms with Gasteiger partial charge in [0.15, 0.2) is 0 Å². The topological polar surface area (TPSA) is 61.3 Å². The van der Waals surface area contributed by atoms with Crippen LogP contribution in [0.25, 0.3) is 0 Å². The number of methoxy groups -OCH3 is 1. The van der Waals surface area contributed by atoms with Crippen LogP contribution in [0.15, 0.2) is 18.2 Å². The molecule has 0 saturated heterocycles. The first kappa shape index (κ1) is 14.2. The van der Waals surface area contributed by atoms with E-state index in [2.05, 4.69) is 0 Å². The Morgan fingerprint density at radius 1 is 1.47 bits per heavy atom. The lowest BCUT2D eigenvalue weighted by Gasteiger charge is -2.30. The maximum Gasteiger partial charge on any atom is 0.240 e. The molecule has 1 aromatic rings. The van der Waals surface area contributed by atoms with Gasteiger partial charge in [0.1, 0.15) is 0 Å². The molecule has 0 radical (unpaired) electrons. The molecule has 3 nitrogen and oxygen atoms in total. The zero-order valence-electron chi connectivity index (χ0n) is 11.0. The SMILES string of the molecule is COC1CC(N)(CC(F)F)CCc2ccc(N)cc21. The number of ether oxygens (including phenoxy) is 1. The number of hydrogen-bond acceptors (Lipinski definition) is 3. The molecule has 2 atom stereocenters. The van der Waals surface area contributed by atoms with Gasteiger partial charge < -0.3 is 16.2 Å². The molecule has 2 unspecified atom stereocenters. The Bertz CT molecular complexity index is 453. The summed E-state index contributed by atoms with van der Waals surface area (Å²) in [5, 5.41) is 0. The summed E-state index contributed by atoms with van der Waals surface area (Å²) in [6, 6.07) is 5.62. The van der Waals surface area contributed by atoms with E-state index in [0.717, 1.165) is 11.1 Å². The van der Waals surface area contributed by atoms with Crippen molar-refractivity contribution in [2.45, 2.75) is 43.8 Å². The van der Waals surface area contributed by atoms with Gasteiger partial charge in [-0.05, 0) is 42.5 Å². The molecule has 0 saturated carbocycles. The van der Waals surface area contributed by atoms with Gasteiger partial charge in [-0.1, -0.05) is 6.07 Å². The first-order chi connectivity index (χ1) is 8.93. The lowest BCUT2D eigenvalue weighted by molar-refractivity contribution is 0.0475. The van der Waals surface area contributed by atoms with Crippen LogP contribution in [0.5, 0.6) is 0 Å². The van der Waals surface area contributed by atoms with Crippen LogP contribution in [0.4, 0.5) is 14.5 Å². The fourth-order valence-electron chi connectivity index (χ4n) is 2.81. The zero-order chi connectivity index (χ0) is 14.0. The summed E-state index contributed by atoms with van der Waals surface area (Å²) in [5.41, 5.74) is 13.8. The Kier molecular flexibility index (Phi) is 4.06. The molecule has 0 spiro atoms. The van der Waals surface area contributed by atoms with Crippen molar-refractivity contribution < 1.29 is 13.5 Å². The molecule has 1 aromatic carbocycles. The quantitative estimate of drug-likeness (QED) is 0.655. The summed E-state index contributed by atoms with van der Waals surface area (Å²) >= 11 is 0. The largest absolute Gasteiger partial charge is 0.399 e. The number of anilines is 1. The van der Waals surface area contributed by atoms with Crippen molar-refractivity contribution in [2.75, 3.05) is 12.8 Å². The van der Waals surface area contributed by atoms with E-state index in [0.29, 0.717) is 24.9 Å². The predicted octanol–water partition coefficient (Wildman–Crippen LogP) is 2.65. The van der Waals surface area contributed by atoms with Crippen molar-refractivity contribution in [3.8, 4) is 0 Å². The highest BCUT2D eigenvalue weighted by molar-refractivity contribution is 5.46. The summed E-state index contributed by atoms with van der Waals surface area (Å²) in [4.78, 5) is 0. The fraction of sp³-hybridized carbons (Fsp3) is 0.571. The molecule has 0 amide bonds. The monoisotopic (exact) mass is 270 g/mol. The van der Waals surface area contributed by atoms with Crippen LogP contribution in [0, 0.1) is 0 Å². The van der Waals surface area contributed by atoms with E-state index < -0.39 is 12.0 Å². The third kappa shape index (κ3) is 3.22. The van der Waals surface area contributed by atoms with Gasteiger partial charge in [0, 0.05) is 24.8 Å². The minimum Gasteiger partial charge on any atom is -0.399 e. The zero-order valence-corrected chi connectivity index (χ0v) is 11.0. The van der Waals surface area contributed by atoms with Gasteiger partial charge in [-0.3, -0.25) is 0 Å². The Morgan fingerprint density at radius 3 is 2.84 bits per heavy atom. The first-order valence-corrected chi connectivity index (χ1v) is 6.42. The molecule has 0 aliphatic heterocycles. The van der Waals surface area contributed by atoms with E-state index in [1.807, 2.05) is 18.2 Å². The number of fused-ring (bicyclic) bond motifs is 1. The van der Waals surface area contributed by atoms with E-state index in [9.17, 15) is 8.78 Å². The van der Waals surface area contributed by atoms with Crippen LogP contribution >= 0.6 is 0 Å². The minimum absolute atomic E-state index is 0.273. The van der Waals surface area contributed by atoms with Crippen molar-refractivity contribution in [2.24, 2.45) is 5.73 Å². The molecule has 1 aliphatic carbocycles. The smallest absolute Gasteiger partial charge is 0.240 e. The van der Waals surface area contributed by atoms with Crippen molar-refractivity contribution in [1.82, 2.24) is 0 Å². The number of hydrogen-bond donors (Lipinski definition) is 2. The van der Waals surface area contributed by atoms with Crippen molar-refractivity contribution >= 4 is 5.69 Å². The number of benzene rings is 1. The third-order valence-electron chi connectivity index (χ3n) is 3.85. The Hall–Kier alpha value is -1.20. The standard InChI is InChI=1S/C14H20F2N2O/c1-19-12-7-14(18,8-13(15)16)5-4-9-2-3-10(17)6-11(9)12/h2-3,6,12-13H,4-5,7-8,17-18H2,1H3. The molecule has 106 valence electrons. The Morgan fingerprint density at radius 2 is 2.21 bits per heavy atom. The maximum atomic E-state index is 12.7. The molecule has 1 aliphatic rings. The van der Waals surface area contributed by atoms with Gasteiger partial charge >= 0.3 is 0 Å². The van der Waals surface area contributed by atoms with Crippen molar-refractivity contribution in [3.63, 3.8) is 0 Å². The van der Waals surface area contributed by atoms with Crippen molar-refractivity contribution in [3.05, 3.63) is 29.3 Å². The number of alkyl halides is 2. The molecule has 4 N–H and O–H groups in total. The molecule has 2 rings (SSSR count). The molecular formula is C14H20F2N2O. The average molecular weight is 270 g/mol. The molecule has 0 bridgehead atoms. The van der Waals surface area contributed by atoms with Crippen LogP contribution in [-0.4, -0.2) is 19.1 Å². The second-order valence-electron chi connectivity index (χ2n) is 5.34. The highest BCUT2D eigenvalue weighted by Gasteiger charge is 2.35. The lowest BCUT2D eigenvalue weighted by atomic mass is 9.86. The number of rotatable bonds is 3. The normalized spacial score (nSPS) is 27.1. The summed E-state index contributed by atoms with van der Waals surface area (Å²) in [6.07, 6.45) is -1.36. The van der Waals surface area contributed by atoms with Crippen LogP contribution in [0.3, 0.4) is 0 Å². The predicted molar refractivity (Wildman–Crippen MR) is 71.1 cm³/mol. The number of nitrogens with two attached hydrogens (primary N) is 2. The van der Waals surface area contributed by atoms with E-state index >= 15 is 0 Å². The molecule has 0 aromatic heterocycles. The maximum absolute atomic E-state index is 12.7. The molecule has 0 fully saturated rings. The summed E-state index contributed by atoms with van der Waals surface area (Å²) in [7, 11) is 1.58. The highest BCUT2D eigenvalue weighted by atomic mass is 19.3. The van der Waals surface area contributed by atoms with E-state index in [1.165, 1.54) is 0 Å². The second-order valence-corrected chi connectivity index (χ2v) is 5.34. The van der Waals surface area contributed by atoms with Crippen LogP contribution < -0.4 is 11.5 Å². The molecular weight excluding hydrogens is 250 g/mol. The van der Waals surface area contributed by atoms with Gasteiger partial charge in [-0.15, -0.1) is 0 Å². The van der Waals surface area contributed by atoms with Gasteiger partial charge in [0.05, 0.1) is 6.10 Å². The molecule has 0 heterocycles.